The van der Waals surface area contributed by atoms with Crippen molar-refractivity contribution in [1.82, 2.24) is 0 Å². The molecule has 1 unspecified atom stereocenters. The molecule has 0 N–H and O–H groups in total. The van der Waals surface area contributed by atoms with Crippen molar-refractivity contribution in [3.8, 4) is 0 Å². The van der Waals surface area contributed by atoms with Gasteiger partial charge < -0.3 is 4.74 Å². The predicted octanol–water partition coefficient (Wildman–Crippen LogP) is 4.80. The molecule has 0 fully saturated rings. The van der Waals surface area contributed by atoms with Crippen molar-refractivity contribution in [3.05, 3.63) is 41.5 Å². The standard InChI is InChI=1S/C20H26O3/c1-3-5-9-16(10-6-4-2)20(22)23-18-14-13-15-11-7-8-12-17(15)19(18)21/h7-8,11-14,16,18H,3-6,9-10H2,1-2H3. The van der Waals surface area contributed by atoms with Crippen LogP contribution in [0.25, 0.3) is 6.08 Å². The maximum Gasteiger partial charge on any atom is 0.309 e. The molecule has 3 nitrogen and oxygen atoms in total. The van der Waals surface area contributed by atoms with E-state index in [1.54, 1.807) is 12.1 Å². The van der Waals surface area contributed by atoms with E-state index in [1.165, 1.54) is 0 Å². The van der Waals surface area contributed by atoms with E-state index in [4.69, 9.17) is 4.74 Å². The van der Waals surface area contributed by atoms with E-state index in [0.29, 0.717) is 5.56 Å². The lowest BCUT2D eigenvalue weighted by molar-refractivity contribution is -0.150. The molecular weight excluding hydrogens is 288 g/mol. The van der Waals surface area contributed by atoms with E-state index in [9.17, 15) is 9.59 Å². The number of benzene rings is 1. The molecule has 0 aromatic heterocycles. The molecule has 0 aliphatic heterocycles. The fourth-order valence-electron chi connectivity index (χ4n) is 2.89. The fourth-order valence-corrected chi connectivity index (χ4v) is 2.89. The molecule has 0 spiro atoms. The van der Waals surface area contributed by atoms with Crippen LogP contribution in [-0.4, -0.2) is 17.9 Å². The van der Waals surface area contributed by atoms with Crippen LogP contribution in [0.4, 0.5) is 0 Å². The lowest BCUT2D eigenvalue weighted by Crippen LogP contribution is -2.31. The molecule has 0 radical (unpaired) electrons. The summed E-state index contributed by atoms with van der Waals surface area (Å²) in [5, 5.41) is 0. The quantitative estimate of drug-likeness (QED) is 0.647. The number of hydrogen-bond donors (Lipinski definition) is 0. The number of carbonyl (C=O) groups excluding carboxylic acids is 2. The van der Waals surface area contributed by atoms with Gasteiger partial charge in [-0.15, -0.1) is 0 Å². The SMILES string of the molecule is CCCCC(CCCC)C(=O)OC1C=Cc2ccccc2C1=O. The molecule has 1 aromatic carbocycles. The summed E-state index contributed by atoms with van der Waals surface area (Å²) in [6, 6.07) is 7.41. The van der Waals surface area contributed by atoms with Crippen molar-refractivity contribution in [1.29, 1.82) is 0 Å². The van der Waals surface area contributed by atoms with Gasteiger partial charge >= 0.3 is 5.97 Å². The minimum Gasteiger partial charge on any atom is -0.449 e. The summed E-state index contributed by atoms with van der Waals surface area (Å²) in [5.41, 5.74) is 1.52. The molecule has 3 heteroatoms. The summed E-state index contributed by atoms with van der Waals surface area (Å²) in [6.45, 7) is 4.24. The van der Waals surface area contributed by atoms with E-state index in [1.807, 2.05) is 24.3 Å². The molecule has 1 aliphatic carbocycles. The van der Waals surface area contributed by atoms with E-state index in [-0.39, 0.29) is 17.7 Å². The first-order valence-electron chi connectivity index (χ1n) is 8.69. The first-order valence-corrected chi connectivity index (χ1v) is 8.69. The summed E-state index contributed by atoms with van der Waals surface area (Å²) in [7, 11) is 0. The lowest BCUT2D eigenvalue weighted by atomic mass is 9.93. The maximum atomic E-state index is 12.5. The molecule has 0 amide bonds. The number of unbranched alkanes of at least 4 members (excludes halogenated alkanes) is 2. The van der Waals surface area contributed by atoms with Crippen molar-refractivity contribution in [3.63, 3.8) is 0 Å². The van der Waals surface area contributed by atoms with Crippen LogP contribution in [0.2, 0.25) is 0 Å². The van der Waals surface area contributed by atoms with Crippen LogP contribution in [0.5, 0.6) is 0 Å². The van der Waals surface area contributed by atoms with Crippen LogP contribution in [0.3, 0.4) is 0 Å². The normalized spacial score (nSPS) is 16.5. The molecular formula is C20H26O3. The maximum absolute atomic E-state index is 12.5. The first kappa shape index (κ1) is 17.5. The zero-order valence-electron chi connectivity index (χ0n) is 14.1. The Kier molecular flexibility index (Phi) is 6.57. The van der Waals surface area contributed by atoms with Crippen LogP contribution in [0, 0.1) is 5.92 Å². The Hall–Kier alpha value is -1.90. The van der Waals surface area contributed by atoms with Gasteiger partial charge in [0.1, 0.15) is 0 Å². The van der Waals surface area contributed by atoms with E-state index in [2.05, 4.69) is 13.8 Å². The molecule has 0 bridgehead atoms. The second-order valence-electron chi connectivity index (χ2n) is 6.15. The summed E-state index contributed by atoms with van der Waals surface area (Å²) in [4.78, 5) is 24.9. The van der Waals surface area contributed by atoms with Crippen LogP contribution >= 0.6 is 0 Å². The number of carbonyl (C=O) groups is 2. The Morgan fingerprint density at radius 3 is 2.43 bits per heavy atom. The highest BCUT2D eigenvalue weighted by molar-refractivity contribution is 6.06. The van der Waals surface area contributed by atoms with E-state index < -0.39 is 6.10 Å². The third kappa shape index (κ3) is 4.54. The van der Waals surface area contributed by atoms with Crippen molar-refractivity contribution in [2.75, 3.05) is 0 Å². The van der Waals surface area contributed by atoms with Gasteiger partial charge in [0.2, 0.25) is 5.78 Å². The molecule has 1 aliphatic rings. The fraction of sp³-hybridized carbons (Fsp3) is 0.500. The summed E-state index contributed by atoms with van der Waals surface area (Å²) < 4.78 is 5.54. The average Bonchev–Trinajstić information content (AvgIpc) is 2.57. The third-order valence-corrected chi connectivity index (χ3v) is 4.32. The Balaban J connectivity index is 2.02. The molecule has 124 valence electrons. The highest BCUT2D eigenvalue weighted by Crippen LogP contribution is 2.24. The molecule has 1 aromatic rings. The first-order chi connectivity index (χ1) is 11.2. The largest absolute Gasteiger partial charge is 0.449 e. The van der Waals surface area contributed by atoms with Crippen LogP contribution in [0.1, 0.15) is 68.3 Å². The van der Waals surface area contributed by atoms with Gasteiger partial charge in [0.05, 0.1) is 5.92 Å². The molecule has 0 heterocycles. The van der Waals surface area contributed by atoms with E-state index >= 15 is 0 Å². The zero-order chi connectivity index (χ0) is 16.7. The smallest absolute Gasteiger partial charge is 0.309 e. The summed E-state index contributed by atoms with van der Waals surface area (Å²) >= 11 is 0. The average molecular weight is 314 g/mol. The van der Waals surface area contributed by atoms with Gasteiger partial charge in [-0.3, -0.25) is 9.59 Å². The van der Waals surface area contributed by atoms with E-state index in [0.717, 1.165) is 44.1 Å². The van der Waals surface area contributed by atoms with Gasteiger partial charge in [-0.05, 0) is 24.5 Å². The zero-order valence-corrected chi connectivity index (χ0v) is 14.1. The van der Waals surface area contributed by atoms with Crippen molar-refractivity contribution in [2.24, 2.45) is 5.92 Å². The van der Waals surface area contributed by atoms with Crippen LogP contribution in [0.15, 0.2) is 30.3 Å². The minimum absolute atomic E-state index is 0.0896. The predicted molar refractivity (Wildman–Crippen MR) is 92.2 cm³/mol. The van der Waals surface area contributed by atoms with Crippen LogP contribution < -0.4 is 0 Å². The highest BCUT2D eigenvalue weighted by Gasteiger charge is 2.29. The Morgan fingerprint density at radius 2 is 1.78 bits per heavy atom. The lowest BCUT2D eigenvalue weighted by Gasteiger charge is -2.22. The van der Waals surface area contributed by atoms with Gasteiger partial charge in [0.25, 0.3) is 0 Å². The summed E-state index contributed by atoms with van der Waals surface area (Å²) in [5.74, 6) is -0.441. The number of rotatable bonds is 8. The van der Waals surface area contributed by atoms with Crippen LogP contribution in [-0.2, 0) is 9.53 Å². The number of ether oxygens (including phenoxy) is 1. The Morgan fingerprint density at radius 1 is 1.13 bits per heavy atom. The second kappa shape index (κ2) is 8.66. The molecule has 23 heavy (non-hydrogen) atoms. The van der Waals surface area contributed by atoms with Gasteiger partial charge in [-0.1, -0.05) is 69.9 Å². The number of Topliss-reactive ketones (excluding diaryl/α,β-unsaturated/α-hetero) is 1. The number of esters is 1. The highest BCUT2D eigenvalue weighted by atomic mass is 16.5. The topological polar surface area (TPSA) is 43.4 Å². The molecule has 2 rings (SSSR count). The summed E-state index contributed by atoms with van der Waals surface area (Å²) in [6.07, 6.45) is 8.62. The monoisotopic (exact) mass is 314 g/mol. The van der Waals surface area contributed by atoms with Gasteiger partial charge in [-0.2, -0.15) is 0 Å². The van der Waals surface area contributed by atoms with Gasteiger partial charge in [0.15, 0.2) is 6.10 Å². The van der Waals surface area contributed by atoms with Crippen molar-refractivity contribution < 1.29 is 14.3 Å². The number of fused-ring (bicyclic) bond motifs is 1. The van der Waals surface area contributed by atoms with Gasteiger partial charge in [0, 0.05) is 5.56 Å². The molecule has 0 saturated heterocycles. The molecule has 0 saturated carbocycles. The Labute approximate surface area is 138 Å². The van der Waals surface area contributed by atoms with Crippen molar-refractivity contribution >= 4 is 17.8 Å². The number of hydrogen-bond acceptors (Lipinski definition) is 3. The third-order valence-electron chi connectivity index (χ3n) is 4.32. The van der Waals surface area contributed by atoms with Gasteiger partial charge in [-0.25, -0.2) is 0 Å². The van der Waals surface area contributed by atoms with Crippen molar-refractivity contribution in [2.45, 2.75) is 58.5 Å². The number of ketones is 1. The second-order valence-corrected chi connectivity index (χ2v) is 6.15. The molecule has 1 atom stereocenters. The minimum atomic E-state index is -0.775. The Bertz CT molecular complexity index is 566.